The molecule has 4 rings (SSSR count). The Kier molecular flexibility index (Phi) is 5.17. The van der Waals surface area contributed by atoms with E-state index in [1.54, 1.807) is 12.4 Å². The number of hydrogen-bond donors (Lipinski definition) is 1. The zero-order valence-electron chi connectivity index (χ0n) is 17.3. The van der Waals surface area contributed by atoms with Crippen molar-refractivity contribution in [3.63, 3.8) is 0 Å². The van der Waals surface area contributed by atoms with Crippen LogP contribution in [0.1, 0.15) is 32.8 Å². The zero-order chi connectivity index (χ0) is 21.5. The van der Waals surface area contributed by atoms with Gasteiger partial charge in [-0.25, -0.2) is 23.2 Å². The van der Waals surface area contributed by atoms with Gasteiger partial charge in [0.25, 0.3) is 0 Å². The fourth-order valence-electron chi connectivity index (χ4n) is 3.66. The number of urea groups is 1. The molecular weight excluding hydrogens is 388 g/mol. The normalized spacial score (nSPS) is 17.0. The highest BCUT2D eigenvalue weighted by atomic mass is 19.1. The molecule has 0 saturated carbocycles. The number of benzene rings is 1. The predicted molar refractivity (Wildman–Crippen MR) is 112 cm³/mol. The van der Waals surface area contributed by atoms with E-state index < -0.39 is 18.0 Å². The fraction of sp³-hybridized carbons (Fsp3) is 0.409. The van der Waals surface area contributed by atoms with Crippen molar-refractivity contribution in [1.29, 1.82) is 0 Å². The van der Waals surface area contributed by atoms with Crippen LogP contribution in [0.3, 0.4) is 0 Å². The highest BCUT2D eigenvalue weighted by molar-refractivity contribution is 5.90. The lowest BCUT2D eigenvalue weighted by Gasteiger charge is -2.17. The molecule has 3 heterocycles. The molecular formula is C22H25F2N5O. The maximum absolute atomic E-state index is 14.5. The number of anilines is 1. The number of fused-ring (bicyclic) bond motifs is 1. The van der Waals surface area contributed by atoms with Crippen LogP contribution in [0.5, 0.6) is 0 Å². The summed E-state index contributed by atoms with van der Waals surface area (Å²) in [6, 6.07) is 5.88. The first-order valence-electron chi connectivity index (χ1n) is 10.0. The van der Waals surface area contributed by atoms with E-state index in [1.807, 2.05) is 6.07 Å². The fourth-order valence-corrected chi connectivity index (χ4v) is 3.66. The molecule has 2 amide bonds. The summed E-state index contributed by atoms with van der Waals surface area (Å²) in [7, 11) is 0. The lowest BCUT2D eigenvalue weighted by molar-refractivity contribution is 0.218. The molecule has 1 saturated heterocycles. The van der Waals surface area contributed by atoms with E-state index in [2.05, 4.69) is 36.2 Å². The van der Waals surface area contributed by atoms with E-state index in [1.165, 1.54) is 27.8 Å². The van der Waals surface area contributed by atoms with E-state index in [0.717, 1.165) is 17.4 Å². The maximum Gasteiger partial charge on any atom is 0.321 e. The molecule has 2 aromatic heterocycles. The van der Waals surface area contributed by atoms with Gasteiger partial charge in [-0.2, -0.15) is 0 Å². The van der Waals surface area contributed by atoms with Crippen molar-refractivity contribution < 1.29 is 13.6 Å². The minimum absolute atomic E-state index is 0.0764. The lowest BCUT2D eigenvalue weighted by atomic mass is 9.89. The number of carbonyl (C=O) groups excluding carboxylic acids is 1. The summed E-state index contributed by atoms with van der Waals surface area (Å²) in [5.41, 5.74) is 2.36. The molecule has 3 aromatic rings. The summed E-state index contributed by atoms with van der Waals surface area (Å²) >= 11 is 0. The number of likely N-dealkylation sites (tertiary alicyclic amines) is 1. The van der Waals surface area contributed by atoms with Gasteiger partial charge < -0.3 is 10.2 Å². The Morgan fingerprint density at radius 3 is 2.80 bits per heavy atom. The SMILES string of the molecule is CC(C)(C)Cc1cnc2nn(-c3cc(NC(=O)N4CCC(F)C4)ccc3F)cc2c1. The van der Waals surface area contributed by atoms with Crippen LogP contribution in [0.2, 0.25) is 0 Å². The van der Waals surface area contributed by atoms with E-state index >= 15 is 0 Å². The first-order chi connectivity index (χ1) is 14.2. The molecule has 1 aliphatic heterocycles. The molecule has 30 heavy (non-hydrogen) atoms. The van der Waals surface area contributed by atoms with Gasteiger partial charge in [0.2, 0.25) is 0 Å². The van der Waals surface area contributed by atoms with Gasteiger partial charge >= 0.3 is 6.03 Å². The largest absolute Gasteiger partial charge is 0.322 e. The molecule has 158 valence electrons. The number of aromatic nitrogens is 3. The number of rotatable bonds is 3. The Hall–Kier alpha value is -3.03. The monoisotopic (exact) mass is 413 g/mol. The number of nitrogens with one attached hydrogen (secondary N) is 1. The van der Waals surface area contributed by atoms with Gasteiger partial charge in [0.1, 0.15) is 17.7 Å². The number of amides is 2. The minimum Gasteiger partial charge on any atom is -0.322 e. The first-order valence-corrected chi connectivity index (χ1v) is 10.0. The second kappa shape index (κ2) is 7.66. The Morgan fingerprint density at radius 1 is 1.30 bits per heavy atom. The number of nitrogens with zero attached hydrogens (tertiary/aromatic N) is 4. The van der Waals surface area contributed by atoms with Gasteiger partial charge in [0.15, 0.2) is 5.65 Å². The molecule has 0 spiro atoms. The van der Waals surface area contributed by atoms with E-state index in [9.17, 15) is 13.6 Å². The molecule has 1 fully saturated rings. The van der Waals surface area contributed by atoms with Gasteiger partial charge in [-0.05, 0) is 48.1 Å². The minimum atomic E-state index is -0.994. The van der Waals surface area contributed by atoms with Gasteiger partial charge in [0, 0.05) is 30.0 Å². The van der Waals surface area contributed by atoms with Gasteiger partial charge in [-0.3, -0.25) is 0 Å². The van der Waals surface area contributed by atoms with Crippen molar-refractivity contribution in [2.24, 2.45) is 5.41 Å². The molecule has 1 atom stereocenters. The summed E-state index contributed by atoms with van der Waals surface area (Å²) in [5.74, 6) is -0.472. The van der Waals surface area contributed by atoms with Crippen molar-refractivity contribution in [1.82, 2.24) is 19.7 Å². The second-order valence-electron chi connectivity index (χ2n) is 9.00. The average Bonchev–Trinajstić information content (AvgIpc) is 3.27. The van der Waals surface area contributed by atoms with E-state index in [4.69, 9.17) is 0 Å². The number of pyridine rings is 1. The molecule has 0 aliphatic carbocycles. The van der Waals surface area contributed by atoms with E-state index in [-0.39, 0.29) is 17.6 Å². The van der Waals surface area contributed by atoms with Crippen LogP contribution >= 0.6 is 0 Å². The van der Waals surface area contributed by atoms with Crippen molar-refractivity contribution >= 4 is 22.8 Å². The third kappa shape index (κ3) is 4.42. The van der Waals surface area contributed by atoms with Crippen LogP contribution in [0.4, 0.5) is 19.3 Å². The summed E-state index contributed by atoms with van der Waals surface area (Å²) < 4.78 is 29.3. The van der Waals surface area contributed by atoms with Gasteiger partial charge in [0.05, 0.1) is 6.54 Å². The Balaban J connectivity index is 1.59. The van der Waals surface area contributed by atoms with Crippen molar-refractivity contribution in [3.8, 4) is 5.69 Å². The first kappa shape index (κ1) is 20.3. The quantitative estimate of drug-likeness (QED) is 0.676. The van der Waals surface area contributed by atoms with Gasteiger partial charge in [-0.1, -0.05) is 20.8 Å². The summed E-state index contributed by atoms with van der Waals surface area (Å²) in [5, 5.41) is 7.91. The molecule has 6 nitrogen and oxygen atoms in total. The third-order valence-corrected chi connectivity index (χ3v) is 5.01. The highest BCUT2D eigenvalue weighted by Gasteiger charge is 2.26. The van der Waals surface area contributed by atoms with Crippen LogP contribution < -0.4 is 5.32 Å². The van der Waals surface area contributed by atoms with Crippen LogP contribution in [-0.4, -0.2) is 45.0 Å². The van der Waals surface area contributed by atoms with Crippen LogP contribution in [0, 0.1) is 11.2 Å². The predicted octanol–water partition coefficient (Wildman–Crippen LogP) is 4.72. The van der Waals surface area contributed by atoms with Crippen molar-refractivity contribution in [2.45, 2.75) is 39.8 Å². The summed E-state index contributed by atoms with van der Waals surface area (Å²) in [6.45, 7) is 6.92. The molecule has 1 aromatic carbocycles. The van der Waals surface area contributed by atoms with E-state index in [0.29, 0.717) is 24.3 Å². The molecule has 0 bridgehead atoms. The van der Waals surface area contributed by atoms with Crippen LogP contribution in [-0.2, 0) is 6.42 Å². The number of hydrogen-bond acceptors (Lipinski definition) is 3. The van der Waals surface area contributed by atoms with Crippen molar-refractivity contribution in [3.05, 3.63) is 48.0 Å². The van der Waals surface area contributed by atoms with Crippen molar-refractivity contribution in [2.75, 3.05) is 18.4 Å². The average molecular weight is 413 g/mol. The Bertz CT molecular complexity index is 1090. The third-order valence-electron chi connectivity index (χ3n) is 5.01. The Labute approximate surface area is 173 Å². The molecule has 1 unspecified atom stereocenters. The smallest absolute Gasteiger partial charge is 0.321 e. The Morgan fingerprint density at radius 2 is 2.10 bits per heavy atom. The van der Waals surface area contributed by atoms with Crippen LogP contribution in [0.25, 0.3) is 16.7 Å². The zero-order valence-corrected chi connectivity index (χ0v) is 17.3. The topological polar surface area (TPSA) is 63.1 Å². The summed E-state index contributed by atoms with van der Waals surface area (Å²) in [6.07, 6.45) is 3.74. The molecule has 8 heteroatoms. The second-order valence-corrected chi connectivity index (χ2v) is 9.00. The van der Waals surface area contributed by atoms with Crippen LogP contribution in [0.15, 0.2) is 36.7 Å². The highest BCUT2D eigenvalue weighted by Crippen LogP contribution is 2.25. The molecule has 0 radical (unpaired) electrons. The standard InChI is InChI=1S/C22H25F2N5O/c1-22(2,3)10-14-8-15-12-29(27-20(15)25-11-14)19-9-17(4-5-18(19)24)26-21(30)28-7-6-16(23)13-28/h4-5,8-9,11-12,16H,6-7,10,13H2,1-3H3,(H,26,30). The maximum atomic E-state index is 14.5. The number of carbonyl (C=O) groups is 1. The lowest BCUT2D eigenvalue weighted by Crippen LogP contribution is -2.33. The summed E-state index contributed by atoms with van der Waals surface area (Å²) in [4.78, 5) is 18.1. The van der Waals surface area contributed by atoms with Gasteiger partial charge in [-0.15, -0.1) is 5.10 Å². The molecule has 1 N–H and O–H groups in total. The molecule has 1 aliphatic rings. The number of halogens is 2. The number of alkyl halides is 1.